The van der Waals surface area contributed by atoms with Crippen LogP contribution in [0.15, 0.2) is 45.7 Å². The Morgan fingerprint density at radius 2 is 1.96 bits per heavy atom. The molecule has 5 nitrogen and oxygen atoms in total. The van der Waals surface area contributed by atoms with Crippen LogP contribution in [0.3, 0.4) is 0 Å². The number of nitrogens with one attached hydrogen (secondary N) is 1. The molecular formula is C18H18ClN3O2S2. The Kier molecular flexibility index (Phi) is 5.41. The van der Waals surface area contributed by atoms with Crippen LogP contribution in [0.25, 0.3) is 15.9 Å². The molecule has 0 radical (unpaired) electrons. The van der Waals surface area contributed by atoms with Gasteiger partial charge in [0.2, 0.25) is 5.91 Å². The minimum atomic E-state index is -0.307. The van der Waals surface area contributed by atoms with Gasteiger partial charge in [0.25, 0.3) is 5.56 Å². The van der Waals surface area contributed by atoms with Crippen molar-refractivity contribution in [1.82, 2.24) is 14.9 Å². The van der Waals surface area contributed by atoms with Crippen LogP contribution in [0.5, 0.6) is 0 Å². The third-order valence-corrected chi connectivity index (χ3v) is 5.46. The van der Waals surface area contributed by atoms with Crippen molar-refractivity contribution in [2.45, 2.75) is 31.5 Å². The fraction of sp³-hybridized carbons (Fsp3) is 0.278. The van der Waals surface area contributed by atoms with E-state index in [0.717, 1.165) is 0 Å². The van der Waals surface area contributed by atoms with Crippen molar-refractivity contribution in [3.63, 3.8) is 0 Å². The molecule has 8 heteroatoms. The molecule has 3 aromatic rings. The van der Waals surface area contributed by atoms with E-state index in [1.54, 1.807) is 24.3 Å². The number of aromatic nitrogens is 2. The highest BCUT2D eigenvalue weighted by molar-refractivity contribution is 7.99. The minimum absolute atomic E-state index is 0.107. The van der Waals surface area contributed by atoms with Crippen LogP contribution in [-0.2, 0) is 4.79 Å². The van der Waals surface area contributed by atoms with Crippen LogP contribution in [0, 0.1) is 0 Å². The molecular weight excluding hydrogens is 390 g/mol. The van der Waals surface area contributed by atoms with E-state index in [-0.39, 0.29) is 22.8 Å². The molecule has 0 bridgehead atoms. The third kappa shape index (κ3) is 4.28. The van der Waals surface area contributed by atoms with E-state index >= 15 is 0 Å². The van der Waals surface area contributed by atoms with Gasteiger partial charge in [-0.25, -0.2) is 4.98 Å². The lowest BCUT2D eigenvalue weighted by atomic mass is 10.1. The molecule has 1 N–H and O–H groups in total. The largest absolute Gasteiger partial charge is 0.351 e. The molecule has 2 aromatic heterocycles. The van der Waals surface area contributed by atoms with Gasteiger partial charge >= 0.3 is 0 Å². The number of thiophene rings is 1. The highest BCUT2D eigenvalue weighted by Crippen LogP contribution is 2.24. The summed E-state index contributed by atoms with van der Waals surface area (Å²) in [4.78, 5) is 29.7. The Balaban J connectivity index is 2.00. The van der Waals surface area contributed by atoms with Crippen LogP contribution in [0.2, 0.25) is 5.02 Å². The monoisotopic (exact) mass is 407 g/mol. The standard InChI is InChI=1S/C18H18ClN3O2S2/c1-18(2,3)21-14(23)10-26-17-20-13-8-9-25-15(13)16(24)22(17)12-6-4-11(19)5-7-12/h4-9H,10H2,1-3H3,(H,21,23). The van der Waals surface area contributed by atoms with E-state index < -0.39 is 0 Å². The van der Waals surface area contributed by atoms with Crippen LogP contribution in [0.4, 0.5) is 0 Å². The first kappa shape index (κ1) is 18.9. The van der Waals surface area contributed by atoms with Crippen molar-refractivity contribution in [2.75, 3.05) is 5.75 Å². The number of nitrogens with zero attached hydrogens (tertiary/aromatic N) is 2. The summed E-state index contributed by atoms with van der Waals surface area (Å²) in [5.41, 5.74) is 0.856. The second kappa shape index (κ2) is 7.42. The van der Waals surface area contributed by atoms with Crippen molar-refractivity contribution in [3.8, 4) is 5.69 Å². The molecule has 0 fully saturated rings. The summed E-state index contributed by atoms with van der Waals surface area (Å²) in [6.07, 6.45) is 0. The Hall–Kier alpha value is -1.83. The van der Waals surface area contributed by atoms with Crippen LogP contribution < -0.4 is 10.9 Å². The maximum atomic E-state index is 13.0. The maximum Gasteiger partial charge on any atom is 0.276 e. The second-order valence-corrected chi connectivity index (χ2v) is 9.03. The van der Waals surface area contributed by atoms with Crippen molar-refractivity contribution >= 4 is 50.8 Å². The molecule has 0 aliphatic heterocycles. The first-order chi connectivity index (χ1) is 12.2. The molecule has 1 aromatic carbocycles. The summed E-state index contributed by atoms with van der Waals surface area (Å²) in [5.74, 6) is 0.0669. The Morgan fingerprint density at radius 1 is 1.27 bits per heavy atom. The van der Waals surface area contributed by atoms with Gasteiger partial charge in [0.05, 0.1) is 17.0 Å². The van der Waals surface area contributed by atoms with Gasteiger partial charge in [-0.15, -0.1) is 11.3 Å². The molecule has 2 heterocycles. The zero-order valence-electron chi connectivity index (χ0n) is 14.6. The normalized spacial score (nSPS) is 11.7. The fourth-order valence-electron chi connectivity index (χ4n) is 2.39. The number of benzene rings is 1. The molecule has 136 valence electrons. The minimum Gasteiger partial charge on any atom is -0.351 e. The van der Waals surface area contributed by atoms with Gasteiger partial charge in [0.15, 0.2) is 5.16 Å². The molecule has 0 atom stereocenters. The third-order valence-electron chi connectivity index (χ3n) is 3.38. The van der Waals surface area contributed by atoms with E-state index in [2.05, 4.69) is 10.3 Å². The molecule has 0 spiro atoms. The van der Waals surface area contributed by atoms with E-state index in [1.165, 1.54) is 27.7 Å². The number of amides is 1. The van der Waals surface area contributed by atoms with Crippen molar-refractivity contribution in [3.05, 3.63) is 51.1 Å². The zero-order valence-corrected chi connectivity index (χ0v) is 17.0. The number of hydrogen-bond acceptors (Lipinski definition) is 5. The Bertz CT molecular complexity index is 1000. The van der Waals surface area contributed by atoms with E-state index in [0.29, 0.717) is 26.1 Å². The second-order valence-electron chi connectivity index (χ2n) is 6.73. The zero-order chi connectivity index (χ0) is 18.9. The molecule has 3 rings (SSSR count). The molecule has 0 saturated heterocycles. The summed E-state index contributed by atoms with van der Waals surface area (Å²) in [5, 5.41) is 5.82. The molecule has 1 amide bonds. The van der Waals surface area contributed by atoms with Gasteiger partial charge in [0, 0.05) is 10.6 Å². The van der Waals surface area contributed by atoms with E-state index in [9.17, 15) is 9.59 Å². The molecule has 0 aliphatic carbocycles. The molecule has 0 saturated carbocycles. The SMILES string of the molecule is CC(C)(C)NC(=O)CSc1nc2ccsc2c(=O)n1-c1ccc(Cl)cc1. The van der Waals surface area contributed by atoms with Gasteiger partial charge in [-0.2, -0.15) is 0 Å². The maximum absolute atomic E-state index is 13.0. The highest BCUT2D eigenvalue weighted by Gasteiger charge is 2.18. The fourth-order valence-corrected chi connectivity index (χ4v) is 4.09. The number of hydrogen-bond donors (Lipinski definition) is 1. The number of halogens is 1. The first-order valence-corrected chi connectivity index (χ1v) is 10.2. The van der Waals surface area contributed by atoms with Crippen LogP contribution in [0.1, 0.15) is 20.8 Å². The average molecular weight is 408 g/mol. The smallest absolute Gasteiger partial charge is 0.276 e. The van der Waals surface area contributed by atoms with Crippen molar-refractivity contribution < 1.29 is 4.79 Å². The summed E-state index contributed by atoms with van der Waals surface area (Å²) in [7, 11) is 0. The highest BCUT2D eigenvalue weighted by atomic mass is 35.5. The lowest BCUT2D eigenvalue weighted by molar-refractivity contribution is -0.119. The summed E-state index contributed by atoms with van der Waals surface area (Å²) < 4.78 is 2.12. The quantitative estimate of drug-likeness (QED) is 0.522. The average Bonchev–Trinajstić information content (AvgIpc) is 3.01. The first-order valence-electron chi connectivity index (χ1n) is 7.94. The predicted octanol–water partition coefficient (Wildman–Crippen LogP) is 4.11. The van der Waals surface area contributed by atoms with Crippen LogP contribution in [-0.4, -0.2) is 26.8 Å². The molecule has 0 aliphatic rings. The number of carbonyl (C=O) groups is 1. The lowest BCUT2D eigenvalue weighted by Gasteiger charge is -2.20. The number of carbonyl (C=O) groups excluding carboxylic acids is 1. The Labute approximate surface area is 164 Å². The van der Waals surface area contributed by atoms with Gasteiger partial charge in [-0.3, -0.25) is 14.2 Å². The topological polar surface area (TPSA) is 64.0 Å². The van der Waals surface area contributed by atoms with Crippen molar-refractivity contribution in [2.24, 2.45) is 0 Å². The van der Waals surface area contributed by atoms with Crippen molar-refractivity contribution in [1.29, 1.82) is 0 Å². The predicted molar refractivity (Wildman–Crippen MR) is 109 cm³/mol. The van der Waals surface area contributed by atoms with E-state index in [1.807, 2.05) is 32.2 Å². The lowest BCUT2D eigenvalue weighted by Crippen LogP contribution is -2.41. The van der Waals surface area contributed by atoms with Gasteiger partial charge in [-0.05, 0) is 56.5 Å². The number of fused-ring (bicyclic) bond motifs is 1. The number of thioether (sulfide) groups is 1. The summed E-state index contributed by atoms with van der Waals surface area (Å²) >= 11 is 8.56. The molecule has 0 unspecified atom stereocenters. The van der Waals surface area contributed by atoms with Gasteiger partial charge < -0.3 is 5.32 Å². The Morgan fingerprint density at radius 3 is 2.62 bits per heavy atom. The van der Waals surface area contributed by atoms with E-state index in [4.69, 9.17) is 11.6 Å². The molecule has 26 heavy (non-hydrogen) atoms. The number of rotatable bonds is 4. The summed E-state index contributed by atoms with van der Waals surface area (Å²) in [6, 6.07) is 8.80. The van der Waals surface area contributed by atoms with Gasteiger partial charge in [0.1, 0.15) is 4.70 Å². The summed E-state index contributed by atoms with van der Waals surface area (Å²) in [6.45, 7) is 5.78. The van der Waals surface area contributed by atoms with Crippen LogP contribution >= 0.6 is 34.7 Å². The van der Waals surface area contributed by atoms with Gasteiger partial charge in [-0.1, -0.05) is 23.4 Å².